The molecule has 17 heavy (non-hydrogen) atoms. The van der Waals surface area contributed by atoms with Crippen molar-refractivity contribution in [2.24, 2.45) is 0 Å². The molecule has 1 N–H and O–H groups in total. The zero-order chi connectivity index (χ0) is 12.9. The Labute approximate surface area is 109 Å². The molecule has 0 spiro atoms. The van der Waals surface area contributed by atoms with E-state index in [-0.39, 0.29) is 0 Å². The Hall–Kier alpha value is -0.0800. The second kappa shape index (κ2) is 12.4. The van der Waals surface area contributed by atoms with Gasteiger partial charge >= 0.3 is 0 Å². The molecule has 0 aliphatic carbocycles. The van der Waals surface area contributed by atoms with Crippen LogP contribution in [0.1, 0.15) is 66.2 Å². The summed E-state index contributed by atoms with van der Waals surface area (Å²) in [5.41, 5.74) is 0. The van der Waals surface area contributed by atoms with Crippen molar-refractivity contribution in [3.05, 3.63) is 0 Å². The van der Waals surface area contributed by atoms with E-state index in [4.69, 9.17) is 0 Å². The highest BCUT2D eigenvalue weighted by molar-refractivity contribution is 4.62. The highest BCUT2D eigenvalue weighted by Gasteiger charge is 2.03. The minimum absolute atomic E-state index is 0.695. The molecule has 0 amide bonds. The third-order valence-corrected chi connectivity index (χ3v) is 3.38. The maximum absolute atomic E-state index is 3.56. The number of nitrogens with one attached hydrogen (secondary N) is 1. The Morgan fingerprint density at radius 2 is 1.65 bits per heavy atom. The molecule has 2 nitrogen and oxygen atoms in total. The van der Waals surface area contributed by atoms with Crippen LogP contribution >= 0.6 is 0 Å². The summed E-state index contributed by atoms with van der Waals surface area (Å²) >= 11 is 0. The second-order valence-corrected chi connectivity index (χ2v) is 5.14. The van der Waals surface area contributed by atoms with Crippen molar-refractivity contribution >= 4 is 0 Å². The van der Waals surface area contributed by atoms with Gasteiger partial charge in [0.2, 0.25) is 0 Å². The van der Waals surface area contributed by atoms with E-state index in [1.165, 1.54) is 64.7 Å². The summed E-state index contributed by atoms with van der Waals surface area (Å²) in [6, 6.07) is 0.695. The normalized spacial score (nSPS) is 13.2. The first-order chi connectivity index (χ1) is 8.24. The molecule has 0 rings (SSSR count). The summed E-state index contributed by atoms with van der Waals surface area (Å²) in [6.45, 7) is 14.0. The maximum atomic E-state index is 3.56. The first-order valence-corrected chi connectivity index (χ1v) is 7.70. The van der Waals surface area contributed by atoms with Crippen molar-refractivity contribution in [1.82, 2.24) is 10.2 Å². The number of hydrogen-bond acceptors (Lipinski definition) is 2. The van der Waals surface area contributed by atoms with E-state index in [1.807, 2.05) is 0 Å². The van der Waals surface area contributed by atoms with Gasteiger partial charge in [0, 0.05) is 6.04 Å². The van der Waals surface area contributed by atoms with Crippen LogP contribution in [0.25, 0.3) is 0 Å². The number of rotatable bonds is 12. The Balaban J connectivity index is 3.40. The lowest BCUT2D eigenvalue weighted by Gasteiger charge is -2.20. The summed E-state index contributed by atoms with van der Waals surface area (Å²) in [5.74, 6) is 0. The van der Waals surface area contributed by atoms with E-state index >= 15 is 0 Å². The fourth-order valence-electron chi connectivity index (χ4n) is 2.09. The van der Waals surface area contributed by atoms with Crippen LogP contribution in [0, 0.1) is 0 Å². The fourth-order valence-corrected chi connectivity index (χ4v) is 2.09. The van der Waals surface area contributed by atoms with Crippen LogP contribution in [-0.2, 0) is 0 Å². The minimum Gasteiger partial charge on any atom is -0.314 e. The van der Waals surface area contributed by atoms with Crippen LogP contribution in [0.3, 0.4) is 0 Å². The lowest BCUT2D eigenvalue weighted by atomic mass is 10.1. The average molecular weight is 242 g/mol. The predicted molar refractivity (Wildman–Crippen MR) is 78.6 cm³/mol. The van der Waals surface area contributed by atoms with E-state index in [1.54, 1.807) is 0 Å². The molecule has 1 atom stereocenters. The molecule has 0 aromatic heterocycles. The largest absolute Gasteiger partial charge is 0.314 e. The highest BCUT2D eigenvalue weighted by Crippen LogP contribution is 2.03. The molecule has 2 heteroatoms. The molecular weight excluding hydrogens is 208 g/mol. The monoisotopic (exact) mass is 242 g/mol. The van der Waals surface area contributed by atoms with Crippen molar-refractivity contribution < 1.29 is 0 Å². The molecule has 0 aromatic carbocycles. The lowest BCUT2D eigenvalue weighted by Crippen LogP contribution is -2.28. The summed E-state index contributed by atoms with van der Waals surface area (Å²) < 4.78 is 0. The number of hydrogen-bond donors (Lipinski definition) is 1. The molecule has 0 saturated carbocycles. The Kier molecular flexibility index (Phi) is 12.3. The Morgan fingerprint density at radius 3 is 2.24 bits per heavy atom. The summed E-state index contributed by atoms with van der Waals surface area (Å²) in [7, 11) is 0. The molecule has 0 saturated heterocycles. The molecule has 0 heterocycles. The van der Waals surface area contributed by atoms with Gasteiger partial charge in [0.15, 0.2) is 0 Å². The van der Waals surface area contributed by atoms with Gasteiger partial charge in [0.1, 0.15) is 0 Å². The highest BCUT2D eigenvalue weighted by atomic mass is 15.1. The van der Waals surface area contributed by atoms with Crippen LogP contribution < -0.4 is 5.32 Å². The van der Waals surface area contributed by atoms with Gasteiger partial charge in [-0.2, -0.15) is 0 Å². The molecule has 0 aliphatic heterocycles. The van der Waals surface area contributed by atoms with Crippen molar-refractivity contribution in [2.45, 2.75) is 72.3 Å². The summed E-state index contributed by atoms with van der Waals surface area (Å²) in [6.07, 6.45) is 7.95. The lowest BCUT2D eigenvalue weighted by molar-refractivity contribution is 0.274. The van der Waals surface area contributed by atoms with Crippen molar-refractivity contribution in [3.63, 3.8) is 0 Å². The first kappa shape index (κ1) is 16.9. The molecule has 0 radical (unpaired) electrons. The third-order valence-electron chi connectivity index (χ3n) is 3.38. The smallest absolute Gasteiger partial charge is 0.00387 e. The Bertz CT molecular complexity index is 148. The van der Waals surface area contributed by atoms with Crippen LogP contribution in [0.5, 0.6) is 0 Å². The van der Waals surface area contributed by atoms with Gasteiger partial charge in [0.25, 0.3) is 0 Å². The van der Waals surface area contributed by atoms with Crippen LogP contribution in [0.2, 0.25) is 0 Å². The van der Waals surface area contributed by atoms with Crippen molar-refractivity contribution in [3.8, 4) is 0 Å². The molecule has 0 aromatic rings. The molecule has 0 fully saturated rings. The molecule has 1 unspecified atom stereocenters. The van der Waals surface area contributed by atoms with E-state index in [9.17, 15) is 0 Å². The zero-order valence-electron chi connectivity index (χ0n) is 12.6. The third kappa shape index (κ3) is 10.8. The van der Waals surface area contributed by atoms with Crippen LogP contribution in [0.4, 0.5) is 0 Å². The van der Waals surface area contributed by atoms with Gasteiger partial charge in [-0.15, -0.1) is 0 Å². The van der Waals surface area contributed by atoms with Gasteiger partial charge < -0.3 is 10.2 Å². The Morgan fingerprint density at radius 1 is 0.941 bits per heavy atom. The number of nitrogens with zero attached hydrogens (tertiary/aromatic N) is 1. The zero-order valence-corrected chi connectivity index (χ0v) is 12.6. The molecule has 0 aliphatic rings. The molecular formula is C15H34N2. The second-order valence-electron chi connectivity index (χ2n) is 5.14. The molecule has 0 bridgehead atoms. The molecule has 104 valence electrons. The first-order valence-electron chi connectivity index (χ1n) is 7.70. The van der Waals surface area contributed by atoms with E-state index in [0.29, 0.717) is 6.04 Å². The van der Waals surface area contributed by atoms with Gasteiger partial charge in [-0.1, -0.05) is 33.6 Å². The fraction of sp³-hybridized carbons (Fsp3) is 1.00. The predicted octanol–water partition coefficient (Wildman–Crippen LogP) is 3.67. The van der Waals surface area contributed by atoms with Crippen molar-refractivity contribution in [1.29, 1.82) is 0 Å². The van der Waals surface area contributed by atoms with Gasteiger partial charge in [-0.3, -0.25) is 0 Å². The maximum Gasteiger partial charge on any atom is 0.00387 e. The van der Waals surface area contributed by atoms with E-state index < -0.39 is 0 Å². The van der Waals surface area contributed by atoms with Gasteiger partial charge in [-0.25, -0.2) is 0 Å². The quantitative estimate of drug-likeness (QED) is 0.525. The standard InChI is InChI=1S/C15H34N2/c1-5-8-13-17(7-3)14-10-9-11-15(4)16-12-6-2/h15-16H,5-14H2,1-4H3. The SMILES string of the molecule is CCCCN(CC)CCCCC(C)NCCC. The van der Waals surface area contributed by atoms with Gasteiger partial charge in [0.05, 0.1) is 0 Å². The van der Waals surface area contributed by atoms with Crippen molar-refractivity contribution in [2.75, 3.05) is 26.2 Å². The number of unbranched alkanes of at least 4 members (excludes halogenated alkanes) is 2. The minimum atomic E-state index is 0.695. The van der Waals surface area contributed by atoms with E-state index in [0.717, 1.165) is 0 Å². The van der Waals surface area contributed by atoms with Crippen LogP contribution in [-0.4, -0.2) is 37.1 Å². The summed E-state index contributed by atoms with van der Waals surface area (Å²) in [4.78, 5) is 2.59. The summed E-state index contributed by atoms with van der Waals surface area (Å²) in [5, 5.41) is 3.56. The van der Waals surface area contributed by atoms with Crippen LogP contribution in [0.15, 0.2) is 0 Å². The topological polar surface area (TPSA) is 15.3 Å². The van der Waals surface area contributed by atoms with Gasteiger partial charge in [-0.05, 0) is 58.8 Å². The van der Waals surface area contributed by atoms with E-state index in [2.05, 4.69) is 37.9 Å². The average Bonchev–Trinajstić information content (AvgIpc) is 2.35.